The van der Waals surface area contributed by atoms with Crippen LogP contribution in [0.4, 0.5) is 18.9 Å². The van der Waals surface area contributed by atoms with E-state index in [1.54, 1.807) is 0 Å². The number of nitrogens with zero attached hydrogens (tertiary/aromatic N) is 1. The van der Waals surface area contributed by atoms with E-state index in [4.69, 9.17) is 5.73 Å². The first kappa shape index (κ1) is 23.6. The van der Waals surface area contributed by atoms with Gasteiger partial charge in [-0.3, -0.25) is 18.1 Å². The highest BCUT2D eigenvalue weighted by atomic mass is 32.2. The summed E-state index contributed by atoms with van der Waals surface area (Å²) < 4.78 is 66.3. The van der Waals surface area contributed by atoms with Crippen LogP contribution in [0.2, 0.25) is 0 Å². The van der Waals surface area contributed by atoms with Gasteiger partial charge >= 0.3 is 6.18 Å². The average molecular weight is 499 g/mol. The van der Waals surface area contributed by atoms with Crippen LogP contribution in [-0.2, 0) is 27.0 Å². The Morgan fingerprint density at radius 1 is 1.12 bits per heavy atom. The Bertz CT molecular complexity index is 1030. The van der Waals surface area contributed by atoms with Gasteiger partial charge in [0.2, 0.25) is 11.8 Å². The number of primary amides is 1. The van der Waals surface area contributed by atoms with Crippen molar-refractivity contribution in [3.8, 4) is 0 Å². The van der Waals surface area contributed by atoms with Crippen molar-refractivity contribution in [2.75, 3.05) is 4.31 Å². The summed E-state index contributed by atoms with van der Waals surface area (Å²) in [5.74, 6) is -0.392. The number of nitrogens with two attached hydrogens (primary N) is 1. The van der Waals surface area contributed by atoms with Crippen molar-refractivity contribution in [3.05, 3.63) is 29.8 Å². The van der Waals surface area contributed by atoms with Gasteiger partial charge in [-0.05, 0) is 81.3 Å². The standard InChI is InChI=1S/C23H28F3N3O4S/c24-23(25,26)16-4-1-2-5-17(16)29(34(32)33)22(6-3-7-22)20(31)28-18-14-8-13-9-15(18)12-21(10-13,11-14)19(27)30/h1-2,4-5,13-15,18H,3,6-12H2,(H2,27,30)(H,28,31)(H,32,33)/p-1. The SMILES string of the molecule is NC(=O)C12CC3CC(C1)C(NC(=O)C1(N(c4ccccc4C(F)(F)F)S(=O)[O-])CCC1)C(C3)C2. The molecule has 0 spiro atoms. The molecule has 4 bridgehead atoms. The van der Waals surface area contributed by atoms with E-state index in [0.29, 0.717) is 29.5 Å². The van der Waals surface area contributed by atoms with E-state index in [0.717, 1.165) is 31.4 Å². The van der Waals surface area contributed by atoms with Gasteiger partial charge in [-0.25, -0.2) is 0 Å². The lowest BCUT2D eigenvalue weighted by molar-refractivity contribution is -0.149. The quantitative estimate of drug-likeness (QED) is 0.587. The lowest BCUT2D eigenvalue weighted by Gasteiger charge is -2.59. The molecule has 0 saturated heterocycles. The van der Waals surface area contributed by atoms with Gasteiger partial charge in [-0.1, -0.05) is 12.1 Å². The highest BCUT2D eigenvalue weighted by molar-refractivity contribution is 7.80. The van der Waals surface area contributed by atoms with E-state index in [-0.39, 0.29) is 36.6 Å². The highest BCUT2D eigenvalue weighted by Crippen LogP contribution is 2.60. The summed E-state index contributed by atoms with van der Waals surface area (Å²) in [6, 6.07) is 4.19. The molecular formula is C23H27F3N3O4S-. The number of amides is 2. The molecule has 5 fully saturated rings. The van der Waals surface area contributed by atoms with Gasteiger partial charge in [0.1, 0.15) is 5.54 Å². The van der Waals surface area contributed by atoms with Crippen LogP contribution >= 0.6 is 0 Å². The number of hydrogen-bond donors (Lipinski definition) is 2. The van der Waals surface area contributed by atoms with Gasteiger partial charge in [0.15, 0.2) is 0 Å². The van der Waals surface area contributed by atoms with Crippen LogP contribution < -0.4 is 15.4 Å². The maximum atomic E-state index is 13.7. The lowest BCUT2D eigenvalue weighted by Crippen LogP contribution is -2.68. The number of nitrogens with one attached hydrogen (secondary N) is 1. The number of anilines is 1. The number of alkyl halides is 3. The maximum absolute atomic E-state index is 13.7. The van der Waals surface area contributed by atoms with Gasteiger partial charge in [0, 0.05) is 22.7 Å². The maximum Gasteiger partial charge on any atom is 0.418 e. The van der Waals surface area contributed by atoms with Crippen molar-refractivity contribution >= 4 is 28.8 Å². The van der Waals surface area contributed by atoms with Crippen LogP contribution in [0.1, 0.15) is 56.9 Å². The van der Waals surface area contributed by atoms with Crippen LogP contribution in [0.25, 0.3) is 0 Å². The third-order valence-corrected chi connectivity index (χ3v) is 9.51. The molecule has 2 amide bonds. The molecule has 5 aliphatic carbocycles. The zero-order chi connectivity index (χ0) is 24.5. The normalized spacial score (nSPS) is 34.2. The van der Waals surface area contributed by atoms with Gasteiger partial charge in [-0.2, -0.15) is 13.2 Å². The van der Waals surface area contributed by atoms with Crippen LogP contribution in [0.3, 0.4) is 0 Å². The average Bonchev–Trinajstić information content (AvgIpc) is 2.71. The second kappa shape index (κ2) is 7.94. The zero-order valence-corrected chi connectivity index (χ0v) is 19.3. The van der Waals surface area contributed by atoms with Crippen LogP contribution in [0, 0.1) is 23.2 Å². The molecule has 3 atom stereocenters. The molecule has 1 aromatic rings. The van der Waals surface area contributed by atoms with Gasteiger partial charge in [0.05, 0.1) is 11.3 Å². The molecule has 7 nitrogen and oxygen atoms in total. The van der Waals surface area contributed by atoms with Crippen LogP contribution in [0.15, 0.2) is 24.3 Å². The fourth-order valence-corrected chi connectivity index (χ4v) is 8.10. The zero-order valence-electron chi connectivity index (χ0n) is 18.5. The summed E-state index contributed by atoms with van der Waals surface area (Å²) in [6.07, 6.45) is -0.321. The Morgan fingerprint density at radius 3 is 2.24 bits per heavy atom. The molecule has 0 aliphatic heterocycles. The molecule has 11 heteroatoms. The number of rotatable bonds is 6. The summed E-state index contributed by atoms with van der Waals surface area (Å²) in [5.41, 5.74) is 1.94. The fourth-order valence-electron chi connectivity index (χ4n) is 7.23. The molecular weight excluding hydrogens is 471 g/mol. The summed E-state index contributed by atoms with van der Waals surface area (Å²) in [6.45, 7) is 0. The number of carbonyl (C=O) groups excluding carboxylic acids is 2. The second-order valence-electron chi connectivity index (χ2n) is 10.5. The van der Waals surface area contributed by atoms with E-state index in [2.05, 4.69) is 5.32 Å². The number of benzene rings is 1. The van der Waals surface area contributed by atoms with Crippen molar-refractivity contribution in [2.24, 2.45) is 28.9 Å². The molecule has 3 N–H and O–H groups in total. The number of halogens is 3. The predicted octanol–water partition coefficient (Wildman–Crippen LogP) is 3.03. The van der Waals surface area contributed by atoms with Gasteiger partial charge in [0.25, 0.3) is 0 Å². The Kier molecular flexibility index (Phi) is 5.51. The van der Waals surface area contributed by atoms with E-state index >= 15 is 0 Å². The van der Waals surface area contributed by atoms with Crippen LogP contribution in [0.5, 0.6) is 0 Å². The Labute approximate surface area is 198 Å². The van der Waals surface area contributed by atoms with E-state index in [1.807, 2.05) is 0 Å². The largest absolute Gasteiger partial charge is 0.755 e. The van der Waals surface area contributed by atoms with Gasteiger partial charge < -0.3 is 15.6 Å². The molecule has 34 heavy (non-hydrogen) atoms. The number of hydrogen-bond acceptors (Lipinski definition) is 4. The van der Waals surface area contributed by atoms with E-state index < -0.39 is 45.6 Å². The Morgan fingerprint density at radius 2 is 1.74 bits per heavy atom. The number of carbonyl (C=O) groups is 2. The molecule has 6 rings (SSSR count). The third kappa shape index (κ3) is 3.54. The summed E-state index contributed by atoms with van der Waals surface area (Å²) in [5, 5.41) is 3.04. The van der Waals surface area contributed by atoms with Crippen molar-refractivity contribution in [1.82, 2.24) is 5.32 Å². The smallest absolute Gasteiger partial charge is 0.418 e. The molecule has 186 valence electrons. The van der Waals surface area contributed by atoms with Crippen molar-refractivity contribution < 1.29 is 31.5 Å². The first-order valence-electron chi connectivity index (χ1n) is 11.6. The molecule has 5 aliphatic rings. The van der Waals surface area contributed by atoms with Crippen molar-refractivity contribution in [3.63, 3.8) is 0 Å². The summed E-state index contributed by atoms with van der Waals surface area (Å²) in [7, 11) is 0. The molecule has 5 saturated carbocycles. The van der Waals surface area contributed by atoms with E-state index in [1.165, 1.54) is 12.1 Å². The molecule has 0 radical (unpaired) electrons. The summed E-state index contributed by atoms with van der Waals surface area (Å²) in [4.78, 5) is 25.8. The first-order valence-corrected chi connectivity index (χ1v) is 12.7. The Hall–Kier alpha value is -2.14. The van der Waals surface area contributed by atoms with Crippen molar-refractivity contribution in [2.45, 2.75) is 69.1 Å². The Balaban J connectivity index is 1.44. The topological polar surface area (TPSA) is 116 Å². The minimum Gasteiger partial charge on any atom is -0.755 e. The third-order valence-electron chi connectivity index (χ3n) is 8.66. The molecule has 3 unspecified atom stereocenters. The highest BCUT2D eigenvalue weighted by Gasteiger charge is 2.60. The fraction of sp³-hybridized carbons (Fsp3) is 0.652. The van der Waals surface area contributed by atoms with Crippen molar-refractivity contribution in [1.29, 1.82) is 0 Å². The van der Waals surface area contributed by atoms with E-state index in [9.17, 15) is 31.5 Å². The first-order chi connectivity index (χ1) is 16.0. The molecule has 0 aromatic heterocycles. The number of para-hydroxylation sites is 1. The van der Waals surface area contributed by atoms with Gasteiger partial charge in [-0.15, -0.1) is 0 Å². The minimum absolute atomic E-state index is 0.0495. The predicted molar refractivity (Wildman–Crippen MR) is 117 cm³/mol. The molecule has 0 heterocycles. The van der Waals surface area contributed by atoms with Crippen LogP contribution in [-0.4, -0.2) is 32.2 Å². The lowest BCUT2D eigenvalue weighted by atomic mass is 9.47. The molecule has 1 aromatic carbocycles. The summed E-state index contributed by atoms with van der Waals surface area (Å²) >= 11 is -3.10. The second-order valence-corrected chi connectivity index (χ2v) is 11.3. The minimum atomic E-state index is -4.78. The monoisotopic (exact) mass is 498 g/mol.